The predicted octanol–water partition coefficient (Wildman–Crippen LogP) is 0.155. The summed E-state index contributed by atoms with van der Waals surface area (Å²) >= 11 is 0. The molecule has 1 atom stereocenters. The van der Waals surface area contributed by atoms with Gasteiger partial charge in [-0.3, -0.25) is 4.79 Å². The molecule has 5 nitrogen and oxygen atoms in total. The summed E-state index contributed by atoms with van der Waals surface area (Å²) in [6.45, 7) is 4.69. The Morgan fingerprint density at radius 2 is 2.29 bits per heavy atom. The minimum atomic E-state index is 0.144. The molecule has 0 saturated carbocycles. The van der Waals surface area contributed by atoms with Crippen molar-refractivity contribution < 1.29 is 14.3 Å². The van der Waals surface area contributed by atoms with Crippen molar-refractivity contribution in [1.29, 1.82) is 0 Å². The number of carbonyl (C=O) groups is 1. The average Bonchev–Trinajstić information content (AvgIpc) is 2.84. The van der Waals surface area contributed by atoms with Crippen molar-refractivity contribution in [3.8, 4) is 0 Å². The monoisotopic (exact) mass is 244 g/mol. The van der Waals surface area contributed by atoms with E-state index >= 15 is 0 Å². The van der Waals surface area contributed by atoms with Gasteiger partial charge >= 0.3 is 0 Å². The van der Waals surface area contributed by atoms with Gasteiger partial charge in [0.25, 0.3) is 0 Å². The van der Waals surface area contributed by atoms with E-state index in [9.17, 15) is 4.79 Å². The topological polar surface area (TPSA) is 59.6 Å². The highest BCUT2D eigenvalue weighted by Gasteiger charge is 2.16. The molecule has 0 spiro atoms. The Labute approximate surface area is 103 Å². The molecule has 2 N–H and O–H groups in total. The van der Waals surface area contributed by atoms with E-state index in [0.29, 0.717) is 25.5 Å². The quantitative estimate of drug-likeness (QED) is 0.567. The fourth-order valence-electron chi connectivity index (χ4n) is 1.82. The number of rotatable bonds is 9. The zero-order chi connectivity index (χ0) is 12.3. The summed E-state index contributed by atoms with van der Waals surface area (Å²) in [6.07, 6.45) is 2.67. The molecule has 1 amide bonds. The lowest BCUT2D eigenvalue weighted by Crippen LogP contribution is -2.33. The highest BCUT2D eigenvalue weighted by molar-refractivity contribution is 5.75. The minimum absolute atomic E-state index is 0.144. The lowest BCUT2D eigenvalue weighted by molar-refractivity contribution is -0.121. The van der Waals surface area contributed by atoms with Gasteiger partial charge in [-0.05, 0) is 18.8 Å². The van der Waals surface area contributed by atoms with Gasteiger partial charge in [0, 0.05) is 46.4 Å². The second-order valence-corrected chi connectivity index (χ2v) is 4.36. The van der Waals surface area contributed by atoms with Crippen LogP contribution in [0.15, 0.2) is 0 Å². The Hall–Kier alpha value is -0.650. The largest absolute Gasteiger partial charge is 0.383 e. The van der Waals surface area contributed by atoms with Gasteiger partial charge in [-0.2, -0.15) is 0 Å². The number of amides is 1. The average molecular weight is 244 g/mol. The highest BCUT2D eigenvalue weighted by Crippen LogP contribution is 2.17. The molecule has 1 fully saturated rings. The lowest BCUT2D eigenvalue weighted by Gasteiger charge is -2.08. The van der Waals surface area contributed by atoms with Crippen molar-refractivity contribution in [2.24, 2.45) is 5.92 Å². The van der Waals surface area contributed by atoms with Gasteiger partial charge in [0.05, 0.1) is 6.61 Å². The van der Waals surface area contributed by atoms with Crippen molar-refractivity contribution in [1.82, 2.24) is 10.6 Å². The molecule has 0 aliphatic carbocycles. The first kappa shape index (κ1) is 14.4. The lowest BCUT2D eigenvalue weighted by atomic mass is 10.0. The van der Waals surface area contributed by atoms with Crippen LogP contribution in [0.5, 0.6) is 0 Å². The van der Waals surface area contributed by atoms with E-state index in [4.69, 9.17) is 9.47 Å². The summed E-state index contributed by atoms with van der Waals surface area (Å²) in [6, 6.07) is 0. The Bertz CT molecular complexity index is 206. The van der Waals surface area contributed by atoms with Crippen LogP contribution < -0.4 is 10.6 Å². The molecule has 17 heavy (non-hydrogen) atoms. The van der Waals surface area contributed by atoms with Crippen molar-refractivity contribution in [3.63, 3.8) is 0 Å². The normalized spacial score (nSPS) is 19.5. The van der Waals surface area contributed by atoms with Gasteiger partial charge in [-0.15, -0.1) is 0 Å². The molecule has 1 unspecified atom stereocenters. The minimum Gasteiger partial charge on any atom is -0.383 e. The van der Waals surface area contributed by atoms with E-state index in [2.05, 4.69) is 10.6 Å². The molecule has 5 heteroatoms. The zero-order valence-corrected chi connectivity index (χ0v) is 10.7. The molecule has 1 aliphatic heterocycles. The van der Waals surface area contributed by atoms with Crippen LogP contribution in [0.3, 0.4) is 0 Å². The smallest absolute Gasteiger partial charge is 0.220 e. The first-order chi connectivity index (χ1) is 8.33. The first-order valence-electron chi connectivity index (χ1n) is 6.37. The molecule has 0 radical (unpaired) electrons. The molecule has 0 aromatic carbocycles. The summed E-state index contributed by atoms with van der Waals surface area (Å²) in [4.78, 5) is 11.5. The summed E-state index contributed by atoms with van der Waals surface area (Å²) in [7, 11) is 1.68. The Kier molecular flexibility index (Phi) is 7.96. The van der Waals surface area contributed by atoms with E-state index in [-0.39, 0.29) is 5.91 Å². The van der Waals surface area contributed by atoms with Crippen LogP contribution in [0.2, 0.25) is 0 Å². The van der Waals surface area contributed by atoms with Crippen LogP contribution in [-0.4, -0.2) is 52.5 Å². The number of methoxy groups -OCH3 is 1. The van der Waals surface area contributed by atoms with Crippen LogP contribution in [-0.2, 0) is 14.3 Å². The number of carbonyl (C=O) groups excluding carboxylic acids is 1. The summed E-state index contributed by atoms with van der Waals surface area (Å²) < 4.78 is 10.2. The molecular weight excluding hydrogens is 220 g/mol. The molecule has 1 heterocycles. The molecule has 1 saturated heterocycles. The first-order valence-corrected chi connectivity index (χ1v) is 6.37. The molecule has 100 valence electrons. The maximum absolute atomic E-state index is 11.5. The van der Waals surface area contributed by atoms with E-state index in [1.165, 1.54) is 0 Å². The van der Waals surface area contributed by atoms with Gasteiger partial charge in [0.1, 0.15) is 0 Å². The van der Waals surface area contributed by atoms with Crippen molar-refractivity contribution in [2.75, 3.05) is 46.6 Å². The fraction of sp³-hybridized carbons (Fsp3) is 0.917. The van der Waals surface area contributed by atoms with Crippen LogP contribution >= 0.6 is 0 Å². The molecule has 0 aromatic rings. The van der Waals surface area contributed by atoms with Gasteiger partial charge in [-0.1, -0.05) is 0 Å². The van der Waals surface area contributed by atoms with Gasteiger partial charge in [-0.25, -0.2) is 0 Å². The second kappa shape index (κ2) is 9.39. The third kappa shape index (κ3) is 7.31. The Balaban J connectivity index is 1.87. The van der Waals surface area contributed by atoms with Crippen LogP contribution in [0, 0.1) is 5.92 Å². The fourth-order valence-corrected chi connectivity index (χ4v) is 1.82. The van der Waals surface area contributed by atoms with E-state index in [1.54, 1.807) is 7.11 Å². The summed E-state index contributed by atoms with van der Waals surface area (Å²) in [5, 5.41) is 6.08. The molecule has 1 rings (SSSR count). The van der Waals surface area contributed by atoms with Crippen molar-refractivity contribution >= 4 is 5.91 Å². The van der Waals surface area contributed by atoms with Crippen molar-refractivity contribution in [2.45, 2.75) is 19.3 Å². The third-order valence-corrected chi connectivity index (χ3v) is 2.91. The maximum Gasteiger partial charge on any atom is 0.220 e. The molecule has 0 aromatic heterocycles. The number of hydrogen-bond acceptors (Lipinski definition) is 4. The molecule has 1 aliphatic rings. The van der Waals surface area contributed by atoms with Gasteiger partial charge in [0.15, 0.2) is 0 Å². The molecular formula is C12H24N2O3. The number of nitrogens with one attached hydrogen (secondary N) is 2. The predicted molar refractivity (Wildman–Crippen MR) is 65.9 cm³/mol. The van der Waals surface area contributed by atoms with Crippen LogP contribution in [0.1, 0.15) is 19.3 Å². The number of ether oxygens (including phenoxy) is 2. The highest BCUT2D eigenvalue weighted by atomic mass is 16.5. The van der Waals surface area contributed by atoms with Gasteiger partial charge < -0.3 is 20.1 Å². The van der Waals surface area contributed by atoms with Gasteiger partial charge in [0.2, 0.25) is 5.91 Å². The zero-order valence-electron chi connectivity index (χ0n) is 10.7. The number of hydrogen-bond donors (Lipinski definition) is 2. The Morgan fingerprint density at radius 1 is 1.41 bits per heavy atom. The third-order valence-electron chi connectivity index (χ3n) is 2.91. The van der Waals surface area contributed by atoms with Crippen LogP contribution in [0.25, 0.3) is 0 Å². The SMILES string of the molecule is COCCNCCNC(=O)CCC1CCOC1. The summed E-state index contributed by atoms with van der Waals surface area (Å²) in [5.41, 5.74) is 0. The van der Waals surface area contributed by atoms with Crippen LogP contribution in [0.4, 0.5) is 0 Å². The Morgan fingerprint density at radius 3 is 3.00 bits per heavy atom. The maximum atomic E-state index is 11.5. The summed E-state index contributed by atoms with van der Waals surface area (Å²) in [5.74, 6) is 0.728. The van der Waals surface area contributed by atoms with E-state index < -0.39 is 0 Å². The standard InChI is InChI=1S/C12H24N2O3/c1-16-9-7-13-5-6-14-12(15)3-2-11-4-8-17-10-11/h11,13H,2-10H2,1H3,(H,14,15). The molecule has 0 bridgehead atoms. The van der Waals surface area contributed by atoms with Crippen molar-refractivity contribution in [3.05, 3.63) is 0 Å². The van der Waals surface area contributed by atoms with E-state index in [0.717, 1.165) is 39.1 Å². The second-order valence-electron chi connectivity index (χ2n) is 4.36. The van der Waals surface area contributed by atoms with E-state index in [1.807, 2.05) is 0 Å².